The van der Waals surface area contributed by atoms with Gasteiger partial charge in [-0.05, 0) is 31.3 Å². The van der Waals surface area contributed by atoms with Crippen LogP contribution in [0.5, 0.6) is 11.5 Å². The van der Waals surface area contributed by atoms with Crippen LogP contribution in [0.3, 0.4) is 0 Å². The van der Waals surface area contributed by atoms with Gasteiger partial charge >= 0.3 is 0 Å². The molecule has 7 nitrogen and oxygen atoms in total. The van der Waals surface area contributed by atoms with Crippen LogP contribution in [0.15, 0.2) is 36.5 Å². The summed E-state index contributed by atoms with van der Waals surface area (Å²) >= 11 is 0. The summed E-state index contributed by atoms with van der Waals surface area (Å²) in [6, 6.07) is 9.11. The number of nitrogens with zero attached hydrogens (tertiary/aromatic N) is 3. The Morgan fingerprint density at radius 1 is 1.08 bits per heavy atom. The smallest absolute Gasteiger partial charge is 0.274 e. The Balaban J connectivity index is 1.48. The second-order valence-electron chi connectivity index (χ2n) is 6.21. The van der Waals surface area contributed by atoms with E-state index in [0.29, 0.717) is 22.9 Å². The van der Waals surface area contributed by atoms with Crippen LogP contribution in [0.1, 0.15) is 10.5 Å². The number of likely N-dealkylation sites (N-methyl/N-ethyl adjacent to an activating group) is 1. The molecule has 4 rings (SSSR count). The number of anilines is 2. The minimum absolute atomic E-state index is 0.210. The van der Waals surface area contributed by atoms with Crippen LogP contribution < -0.4 is 19.7 Å². The molecule has 1 N–H and O–H groups in total. The van der Waals surface area contributed by atoms with Gasteiger partial charge in [0.1, 0.15) is 5.69 Å². The standard InChI is InChI=1S/C18H20N4O3/c1-21-6-8-22(9-7-21)14-4-5-19-15(11-14)18(23)20-13-2-3-16-17(10-13)25-12-24-16/h2-5,10-11H,6-9,12H2,1H3,(H,20,23). The first-order chi connectivity index (χ1) is 12.2. The summed E-state index contributed by atoms with van der Waals surface area (Å²) in [5.41, 5.74) is 2.08. The number of nitrogens with one attached hydrogen (secondary N) is 1. The number of rotatable bonds is 3. The maximum atomic E-state index is 12.5. The normalized spacial score (nSPS) is 16.8. The highest BCUT2D eigenvalue weighted by atomic mass is 16.7. The molecule has 2 aliphatic heterocycles. The van der Waals surface area contributed by atoms with Gasteiger partial charge in [-0.1, -0.05) is 0 Å². The molecule has 0 spiro atoms. The first-order valence-corrected chi connectivity index (χ1v) is 8.29. The summed E-state index contributed by atoms with van der Waals surface area (Å²) in [5, 5.41) is 2.86. The maximum Gasteiger partial charge on any atom is 0.274 e. The van der Waals surface area contributed by atoms with Gasteiger partial charge in [-0.25, -0.2) is 0 Å². The van der Waals surface area contributed by atoms with Gasteiger partial charge in [0.25, 0.3) is 5.91 Å². The first-order valence-electron chi connectivity index (χ1n) is 8.29. The summed E-state index contributed by atoms with van der Waals surface area (Å²) in [6.07, 6.45) is 1.68. The van der Waals surface area contributed by atoms with Crippen LogP contribution in [-0.2, 0) is 0 Å². The molecule has 1 saturated heterocycles. The third kappa shape index (κ3) is 3.36. The molecule has 0 saturated carbocycles. The molecule has 0 aliphatic carbocycles. The van der Waals surface area contributed by atoms with Crippen molar-refractivity contribution in [2.45, 2.75) is 0 Å². The van der Waals surface area contributed by atoms with Crippen LogP contribution >= 0.6 is 0 Å². The lowest BCUT2D eigenvalue weighted by molar-refractivity contribution is 0.102. The van der Waals surface area contributed by atoms with Gasteiger partial charge in [-0.2, -0.15) is 0 Å². The molecule has 0 atom stereocenters. The number of carbonyl (C=O) groups excluding carboxylic acids is 1. The van der Waals surface area contributed by atoms with E-state index in [2.05, 4.69) is 27.1 Å². The second-order valence-corrected chi connectivity index (χ2v) is 6.21. The van der Waals surface area contributed by atoms with Gasteiger partial charge in [0, 0.05) is 49.8 Å². The molecule has 0 unspecified atom stereocenters. The highest BCUT2D eigenvalue weighted by molar-refractivity contribution is 6.03. The lowest BCUT2D eigenvalue weighted by Gasteiger charge is -2.34. The Labute approximate surface area is 146 Å². The zero-order valence-corrected chi connectivity index (χ0v) is 14.1. The van der Waals surface area contributed by atoms with Crippen molar-refractivity contribution >= 4 is 17.3 Å². The molecule has 1 fully saturated rings. The number of ether oxygens (including phenoxy) is 2. The predicted octanol–water partition coefficient (Wildman–Crippen LogP) is 1.81. The number of amides is 1. The molecule has 0 radical (unpaired) electrons. The third-order valence-corrected chi connectivity index (χ3v) is 4.48. The Morgan fingerprint density at radius 2 is 1.88 bits per heavy atom. The number of hydrogen-bond donors (Lipinski definition) is 1. The highest BCUT2D eigenvalue weighted by Gasteiger charge is 2.18. The van der Waals surface area contributed by atoms with Crippen molar-refractivity contribution in [1.82, 2.24) is 9.88 Å². The zero-order valence-electron chi connectivity index (χ0n) is 14.1. The van der Waals surface area contributed by atoms with Gasteiger partial charge in [0.2, 0.25) is 6.79 Å². The van der Waals surface area contributed by atoms with Crippen molar-refractivity contribution < 1.29 is 14.3 Å². The number of pyridine rings is 1. The van der Waals surface area contributed by atoms with E-state index in [1.807, 2.05) is 12.1 Å². The molecule has 0 bridgehead atoms. The van der Waals surface area contributed by atoms with Gasteiger partial charge in [-0.3, -0.25) is 9.78 Å². The summed E-state index contributed by atoms with van der Waals surface area (Å²) in [4.78, 5) is 21.3. The van der Waals surface area contributed by atoms with E-state index in [0.717, 1.165) is 31.9 Å². The number of aromatic nitrogens is 1. The SMILES string of the molecule is CN1CCN(c2ccnc(C(=O)Nc3ccc4c(c3)OCO4)c2)CC1. The number of fused-ring (bicyclic) bond motifs is 1. The molecule has 2 aliphatic rings. The minimum atomic E-state index is -0.241. The summed E-state index contributed by atoms with van der Waals surface area (Å²) in [5.74, 6) is 1.08. The van der Waals surface area contributed by atoms with E-state index >= 15 is 0 Å². The lowest BCUT2D eigenvalue weighted by Crippen LogP contribution is -2.44. The number of benzene rings is 1. The second kappa shape index (κ2) is 6.60. The highest BCUT2D eigenvalue weighted by Crippen LogP contribution is 2.34. The number of piperazine rings is 1. The molecule has 1 amide bonds. The zero-order chi connectivity index (χ0) is 17.2. The quantitative estimate of drug-likeness (QED) is 0.919. The average molecular weight is 340 g/mol. The molecule has 7 heteroatoms. The van der Waals surface area contributed by atoms with E-state index in [1.165, 1.54) is 0 Å². The summed E-state index contributed by atoms with van der Waals surface area (Å²) in [7, 11) is 2.12. The molecule has 3 heterocycles. The molecule has 2 aromatic rings. The average Bonchev–Trinajstić information content (AvgIpc) is 3.10. The van der Waals surface area contributed by atoms with E-state index in [1.54, 1.807) is 24.4 Å². The Bertz CT molecular complexity index is 788. The van der Waals surface area contributed by atoms with Crippen molar-refractivity contribution in [2.75, 3.05) is 50.2 Å². The molecule has 1 aromatic heterocycles. The van der Waals surface area contributed by atoms with E-state index in [-0.39, 0.29) is 12.7 Å². The van der Waals surface area contributed by atoms with Crippen LogP contribution in [0.4, 0.5) is 11.4 Å². The minimum Gasteiger partial charge on any atom is -0.454 e. The fourth-order valence-corrected chi connectivity index (χ4v) is 2.97. The Hall–Kier alpha value is -2.80. The van der Waals surface area contributed by atoms with Crippen molar-refractivity contribution in [3.8, 4) is 11.5 Å². The largest absolute Gasteiger partial charge is 0.454 e. The monoisotopic (exact) mass is 340 g/mol. The van der Waals surface area contributed by atoms with Crippen molar-refractivity contribution in [2.24, 2.45) is 0 Å². The van der Waals surface area contributed by atoms with Crippen molar-refractivity contribution in [3.05, 3.63) is 42.2 Å². The number of hydrogen-bond acceptors (Lipinski definition) is 6. The topological polar surface area (TPSA) is 66.9 Å². The van der Waals surface area contributed by atoms with Gasteiger partial charge in [0.15, 0.2) is 11.5 Å². The first kappa shape index (κ1) is 15.7. The van der Waals surface area contributed by atoms with Gasteiger partial charge in [-0.15, -0.1) is 0 Å². The Morgan fingerprint density at radius 3 is 2.72 bits per heavy atom. The summed E-state index contributed by atoms with van der Waals surface area (Å²) < 4.78 is 10.6. The van der Waals surface area contributed by atoms with E-state index < -0.39 is 0 Å². The molecular weight excluding hydrogens is 320 g/mol. The number of carbonyl (C=O) groups is 1. The maximum absolute atomic E-state index is 12.5. The van der Waals surface area contributed by atoms with E-state index in [4.69, 9.17) is 9.47 Å². The molecular formula is C18H20N4O3. The molecule has 25 heavy (non-hydrogen) atoms. The molecule has 130 valence electrons. The van der Waals surface area contributed by atoms with Crippen molar-refractivity contribution in [3.63, 3.8) is 0 Å². The predicted molar refractivity (Wildman–Crippen MR) is 94.5 cm³/mol. The van der Waals surface area contributed by atoms with Crippen LogP contribution in [0, 0.1) is 0 Å². The fourth-order valence-electron chi connectivity index (χ4n) is 2.97. The van der Waals surface area contributed by atoms with E-state index in [9.17, 15) is 4.79 Å². The molecule has 1 aromatic carbocycles. The third-order valence-electron chi connectivity index (χ3n) is 4.48. The lowest BCUT2D eigenvalue weighted by atomic mass is 10.2. The fraction of sp³-hybridized carbons (Fsp3) is 0.333. The van der Waals surface area contributed by atoms with Crippen LogP contribution in [-0.4, -0.2) is 55.8 Å². The van der Waals surface area contributed by atoms with Gasteiger partial charge in [0.05, 0.1) is 0 Å². The van der Waals surface area contributed by atoms with Crippen LogP contribution in [0.25, 0.3) is 0 Å². The summed E-state index contributed by atoms with van der Waals surface area (Å²) in [6.45, 7) is 4.14. The van der Waals surface area contributed by atoms with Gasteiger partial charge < -0.3 is 24.6 Å². The Kier molecular flexibility index (Phi) is 4.15. The van der Waals surface area contributed by atoms with Crippen LogP contribution in [0.2, 0.25) is 0 Å². The van der Waals surface area contributed by atoms with Crippen molar-refractivity contribution in [1.29, 1.82) is 0 Å².